The smallest absolute Gasteiger partial charge is 0.462 e. The van der Waals surface area contributed by atoms with Crippen molar-refractivity contribution in [2.75, 3.05) is 19.8 Å². The zero-order valence-corrected chi connectivity index (χ0v) is 32.2. The summed E-state index contributed by atoms with van der Waals surface area (Å²) in [5.41, 5.74) is 0. The van der Waals surface area contributed by atoms with E-state index in [1.165, 1.54) is 32.1 Å². The van der Waals surface area contributed by atoms with Crippen LogP contribution in [0.25, 0.3) is 0 Å². The molecule has 0 aliphatic carbocycles. The summed E-state index contributed by atoms with van der Waals surface area (Å²) in [5.74, 6) is -0.829. The number of phosphoric acid groups is 1. The van der Waals surface area contributed by atoms with Gasteiger partial charge < -0.3 is 14.4 Å². The molecule has 0 bridgehead atoms. The van der Waals surface area contributed by atoms with E-state index in [-0.39, 0.29) is 32.0 Å². The fourth-order valence-corrected chi connectivity index (χ4v) is 5.75. The Labute approximate surface area is 299 Å². The highest BCUT2D eigenvalue weighted by Crippen LogP contribution is 2.43. The van der Waals surface area contributed by atoms with Gasteiger partial charge in [0.1, 0.15) is 6.61 Å². The van der Waals surface area contributed by atoms with Crippen molar-refractivity contribution >= 4 is 19.8 Å². The van der Waals surface area contributed by atoms with Gasteiger partial charge in [-0.05, 0) is 77.6 Å². The summed E-state index contributed by atoms with van der Waals surface area (Å²) >= 11 is 0. The van der Waals surface area contributed by atoms with Crippen molar-refractivity contribution in [2.45, 2.75) is 175 Å². The standard InChI is InChI=1S/C40H71O8P/c1-4-7-9-11-13-15-17-18-19-20-21-22-23-24-25-27-29-31-33-35-40(42)48-38(37-47-49(43,44)46-6-3)36-45-39(41)34-32-30-28-26-16-14-12-10-8-5-2/h10,12-13,15,18-19,21-22,38H,4-9,11,14,16-17,20,23-37H2,1-3H3,(H,43,44)/b12-10-,15-13-,19-18-,22-21-. The maximum Gasteiger partial charge on any atom is 0.472 e. The molecule has 2 atom stereocenters. The molecule has 0 aromatic heterocycles. The third-order valence-electron chi connectivity index (χ3n) is 7.84. The van der Waals surface area contributed by atoms with E-state index in [9.17, 15) is 19.0 Å². The zero-order chi connectivity index (χ0) is 36.1. The van der Waals surface area contributed by atoms with Gasteiger partial charge in [0.15, 0.2) is 6.10 Å². The molecule has 0 aromatic carbocycles. The van der Waals surface area contributed by atoms with Gasteiger partial charge >= 0.3 is 19.8 Å². The Hall–Kier alpha value is -1.99. The molecule has 0 rings (SSSR count). The first-order valence-corrected chi connectivity index (χ1v) is 20.9. The van der Waals surface area contributed by atoms with Gasteiger partial charge in [0.25, 0.3) is 0 Å². The molecule has 0 aliphatic heterocycles. The maximum absolute atomic E-state index is 12.5. The molecule has 49 heavy (non-hydrogen) atoms. The predicted octanol–water partition coefficient (Wildman–Crippen LogP) is 11.8. The average Bonchev–Trinajstić information content (AvgIpc) is 3.07. The van der Waals surface area contributed by atoms with Crippen LogP contribution in [0, 0.1) is 0 Å². The lowest BCUT2D eigenvalue weighted by atomic mass is 10.1. The highest BCUT2D eigenvalue weighted by Gasteiger charge is 2.25. The first-order valence-electron chi connectivity index (χ1n) is 19.4. The van der Waals surface area contributed by atoms with Gasteiger partial charge in [-0.25, -0.2) is 4.57 Å². The van der Waals surface area contributed by atoms with Crippen molar-refractivity contribution in [1.29, 1.82) is 0 Å². The molecule has 0 saturated carbocycles. The molecule has 0 heterocycles. The second-order valence-corrected chi connectivity index (χ2v) is 14.0. The normalized spacial score (nSPS) is 14.0. The van der Waals surface area contributed by atoms with Crippen LogP contribution in [0.5, 0.6) is 0 Å². The zero-order valence-electron chi connectivity index (χ0n) is 31.3. The van der Waals surface area contributed by atoms with Gasteiger partial charge in [-0.15, -0.1) is 0 Å². The van der Waals surface area contributed by atoms with Crippen LogP contribution in [0.4, 0.5) is 0 Å². The van der Waals surface area contributed by atoms with Gasteiger partial charge in [-0.1, -0.05) is 127 Å². The van der Waals surface area contributed by atoms with E-state index in [0.29, 0.717) is 6.42 Å². The lowest BCUT2D eigenvalue weighted by Crippen LogP contribution is -2.29. The Morgan fingerprint density at radius 2 is 1.02 bits per heavy atom. The van der Waals surface area contributed by atoms with Crippen LogP contribution in [0.1, 0.15) is 168 Å². The number of ether oxygens (including phenoxy) is 2. The molecule has 8 nitrogen and oxygen atoms in total. The van der Waals surface area contributed by atoms with Crippen molar-refractivity contribution in [3.63, 3.8) is 0 Å². The third-order valence-corrected chi connectivity index (χ3v) is 8.90. The Kier molecular flexibility index (Phi) is 34.4. The minimum absolute atomic E-state index is 0.00531. The average molecular weight is 711 g/mol. The topological polar surface area (TPSA) is 108 Å². The second-order valence-electron chi connectivity index (χ2n) is 12.6. The Morgan fingerprint density at radius 3 is 1.57 bits per heavy atom. The van der Waals surface area contributed by atoms with E-state index < -0.39 is 26.5 Å². The maximum atomic E-state index is 12.5. The molecule has 1 N–H and O–H groups in total. The Balaban J connectivity index is 4.15. The molecule has 0 aromatic rings. The van der Waals surface area contributed by atoms with E-state index in [4.69, 9.17) is 18.5 Å². The number of rotatable bonds is 35. The fourth-order valence-electron chi connectivity index (χ4n) is 4.99. The number of carbonyl (C=O) groups is 2. The molecule has 2 unspecified atom stereocenters. The van der Waals surface area contributed by atoms with Crippen LogP contribution < -0.4 is 0 Å². The number of hydrogen-bond acceptors (Lipinski definition) is 7. The van der Waals surface area contributed by atoms with E-state index in [0.717, 1.165) is 96.3 Å². The van der Waals surface area contributed by atoms with Crippen LogP contribution >= 0.6 is 7.82 Å². The van der Waals surface area contributed by atoms with Gasteiger partial charge in [0.2, 0.25) is 0 Å². The predicted molar refractivity (Wildman–Crippen MR) is 202 cm³/mol. The van der Waals surface area contributed by atoms with Crippen LogP contribution in [0.15, 0.2) is 48.6 Å². The SMILES string of the molecule is CCC/C=C\CCCCCCCC(=O)OCC(COP(=O)(O)OCC)OC(=O)CCCCCCCC/C=C\C/C=C\C/C=C\CCCCC. The molecular weight excluding hydrogens is 639 g/mol. The van der Waals surface area contributed by atoms with Crippen LogP contribution in [0.2, 0.25) is 0 Å². The lowest BCUT2D eigenvalue weighted by molar-refractivity contribution is -0.161. The minimum Gasteiger partial charge on any atom is -0.462 e. The molecule has 0 fully saturated rings. The van der Waals surface area contributed by atoms with Crippen LogP contribution in [-0.2, 0) is 32.7 Å². The summed E-state index contributed by atoms with van der Waals surface area (Å²) in [6, 6.07) is 0. The van der Waals surface area contributed by atoms with Crippen LogP contribution in [0.3, 0.4) is 0 Å². The van der Waals surface area contributed by atoms with Gasteiger partial charge in [0, 0.05) is 12.8 Å². The van der Waals surface area contributed by atoms with E-state index in [1.807, 2.05) is 0 Å². The summed E-state index contributed by atoms with van der Waals surface area (Å²) in [5, 5.41) is 0. The van der Waals surface area contributed by atoms with E-state index >= 15 is 0 Å². The molecule has 0 aliphatic rings. The van der Waals surface area contributed by atoms with E-state index in [1.54, 1.807) is 6.92 Å². The number of allylic oxidation sites excluding steroid dienone is 8. The van der Waals surface area contributed by atoms with Gasteiger partial charge in [0.05, 0.1) is 13.2 Å². The number of carbonyl (C=O) groups excluding carboxylic acids is 2. The number of phosphoric ester groups is 1. The highest BCUT2D eigenvalue weighted by atomic mass is 31.2. The first kappa shape index (κ1) is 47.0. The molecule has 0 saturated heterocycles. The number of esters is 2. The Bertz CT molecular complexity index is 943. The molecule has 284 valence electrons. The summed E-state index contributed by atoms with van der Waals surface area (Å²) in [7, 11) is -4.28. The largest absolute Gasteiger partial charge is 0.472 e. The highest BCUT2D eigenvalue weighted by molar-refractivity contribution is 7.47. The molecule has 0 amide bonds. The third kappa shape index (κ3) is 35.6. The van der Waals surface area contributed by atoms with Crippen LogP contribution in [-0.4, -0.2) is 42.8 Å². The number of hydrogen-bond donors (Lipinski definition) is 1. The van der Waals surface area contributed by atoms with Crippen molar-refractivity contribution < 1.29 is 37.6 Å². The van der Waals surface area contributed by atoms with Crippen molar-refractivity contribution in [3.05, 3.63) is 48.6 Å². The quantitative estimate of drug-likeness (QED) is 0.0300. The summed E-state index contributed by atoms with van der Waals surface area (Å²) in [6.45, 7) is 5.34. The Morgan fingerprint density at radius 1 is 0.551 bits per heavy atom. The van der Waals surface area contributed by atoms with Gasteiger partial charge in [-0.3, -0.25) is 18.6 Å². The summed E-state index contributed by atoms with van der Waals surface area (Å²) in [4.78, 5) is 34.5. The monoisotopic (exact) mass is 710 g/mol. The lowest BCUT2D eigenvalue weighted by Gasteiger charge is -2.19. The van der Waals surface area contributed by atoms with Crippen molar-refractivity contribution in [2.24, 2.45) is 0 Å². The minimum atomic E-state index is -4.28. The molecular formula is C40H71O8P. The number of unbranched alkanes of at least 4 members (excludes halogenated alkanes) is 15. The summed E-state index contributed by atoms with van der Waals surface area (Å²) < 4.78 is 32.5. The van der Waals surface area contributed by atoms with E-state index in [2.05, 4.69) is 62.5 Å². The van der Waals surface area contributed by atoms with Crippen molar-refractivity contribution in [3.8, 4) is 0 Å². The van der Waals surface area contributed by atoms with Gasteiger partial charge in [-0.2, -0.15) is 0 Å². The summed E-state index contributed by atoms with van der Waals surface area (Å²) in [6.07, 6.45) is 40.2. The second kappa shape index (κ2) is 35.8. The first-order chi connectivity index (χ1) is 23.8. The molecule has 9 heteroatoms. The fraction of sp³-hybridized carbons (Fsp3) is 0.750. The molecule has 0 radical (unpaired) electrons. The molecule has 0 spiro atoms. The van der Waals surface area contributed by atoms with Crippen molar-refractivity contribution in [1.82, 2.24) is 0 Å².